The molecule has 1 heterocycles. The molecule has 2 N–H and O–H groups in total. The number of anilines is 1. The molecule has 4 rings (SSSR count). The van der Waals surface area contributed by atoms with Crippen LogP contribution in [0, 0.1) is 0 Å². The van der Waals surface area contributed by atoms with Gasteiger partial charge in [0.2, 0.25) is 0 Å². The van der Waals surface area contributed by atoms with Gasteiger partial charge in [-0.15, -0.1) is 0 Å². The van der Waals surface area contributed by atoms with E-state index >= 15 is 0 Å². The molecule has 0 amide bonds. The average molecular weight is 316 g/mol. The van der Waals surface area contributed by atoms with Gasteiger partial charge in [-0.1, -0.05) is 54.6 Å². The highest BCUT2D eigenvalue weighted by molar-refractivity contribution is 6.07. The summed E-state index contributed by atoms with van der Waals surface area (Å²) in [5, 5.41) is 16.3. The number of hydrogen-bond donors (Lipinski definition) is 2. The van der Waals surface area contributed by atoms with Crippen LogP contribution in [-0.2, 0) is 6.54 Å². The molecule has 0 spiro atoms. The lowest BCUT2D eigenvalue weighted by molar-refractivity contribution is 0.169. The summed E-state index contributed by atoms with van der Waals surface area (Å²) >= 11 is 0. The number of nitrogens with zero attached hydrogens (tertiary/aromatic N) is 1. The second kappa shape index (κ2) is 6.38. The van der Waals surface area contributed by atoms with E-state index in [1.54, 1.807) is 0 Å². The fraction of sp³-hybridized carbons (Fsp3) is 0.143. The van der Waals surface area contributed by atoms with E-state index in [0.29, 0.717) is 13.1 Å². The zero-order valence-corrected chi connectivity index (χ0v) is 13.4. The minimum Gasteiger partial charge on any atom is -0.389 e. The number of aliphatic hydroxyl groups is 1. The third-order valence-corrected chi connectivity index (χ3v) is 4.39. The van der Waals surface area contributed by atoms with Gasteiger partial charge in [0.05, 0.1) is 12.6 Å². The van der Waals surface area contributed by atoms with Crippen molar-refractivity contribution in [3.8, 4) is 0 Å². The average Bonchev–Trinajstić information content (AvgIpc) is 2.95. The Bertz CT molecular complexity index is 906. The predicted octanol–water partition coefficient (Wildman–Crippen LogP) is 4.27. The summed E-state index contributed by atoms with van der Waals surface area (Å²) in [4.78, 5) is 0. The quantitative estimate of drug-likeness (QED) is 0.577. The van der Waals surface area contributed by atoms with Gasteiger partial charge < -0.3 is 15.0 Å². The molecule has 4 aromatic rings. The van der Waals surface area contributed by atoms with Crippen molar-refractivity contribution in [3.63, 3.8) is 0 Å². The van der Waals surface area contributed by atoms with E-state index in [2.05, 4.69) is 46.3 Å². The molecule has 3 heteroatoms. The Morgan fingerprint density at radius 1 is 0.750 bits per heavy atom. The lowest BCUT2D eigenvalue weighted by atomic mass is 10.2. The van der Waals surface area contributed by atoms with Crippen LogP contribution in [0.5, 0.6) is 0 Å². The van der Waals surface area contributed by atoms with Gasteiger partial charge in [-0.05, 0) is 24.3 Å². The molecule has 120 valence electrons. The van der Waals surface area contributed by atoms with Crippen LogP contribution >= 0.6 is 0 Å². The van der Waals surface area contributed by atoms with Crippen molar-refractivity contribution >= 4 is 27.5 Å². The molecular weight excluding hydrogens is 296 g/mol. The number of nitrogens with one attached hydrogen (secondary N) is 1. The van der Waals surface area contributed by atoms with E-state index in [1.165, 1.54) is 10.8 Å². The third kappa shape index (κ3) is 2.74. The van der Waals surface area contributed by atoms with Gasteiger partial charge in [0, 0.05) is 34.0 Å². The Morgan fingerprint density at radius 2 is 1.29 bits per heavy atom. The second-order valence-corrected chi connectivity index (χ2v) is 6.05. The van der Waals surface area contributed by atoms with Crippen LogP contribution in [0.4, 0.5) is 5.69 Å². The summed E-state index contributed by atoms with van der Waals surface area (Å²) < 4.78 is 2.21. The Hall–Kier alpha value is -2.78. The highest BCUT2D eigenvalue weighted by Crippen LogP contribution is 2.28. The van der Waals surface area contributed by atoms with Crippen LogP contribution < -0.4 is 5.32 Å². The smallest absolute Gasteiger partial charge is 0.0891 e. The first-order chi connectivity index (χ1) is 11.8. The zero-order chi connectivity index (χ0) is 16.4. The molecule has 1 atom stereocenters. The number of para-hydroxylation sites is 3. The maximum absolute atomic E-state index is 10.5. The fourth-order valence-corrected chi connectivity index (χ4v) is 3.27. The van der Waals surface area contributed by atoms with Gasteiger partial charge >= 0.3 is 0 Å². The second-order valence-electron chi connectivity index (χ2n) is 6.05. The summed E-state index contributed by atoms with van der Waals surface area (Å²) in [6.45, 7) is 1.08. The van der Waals surface area contributed by atoms with Gasteiger partial charge in [-0.3, -0.25) is 0 Å². The molecule has 3 aromatic carbocycles. The highest BCUT2D eigenvalue weighted by Gasteiger charge is 2.13. The van der Waals surface area contributed by atoms with Crippen LogP contribution in [0.15, 0.2) is 78.9 Å². The number of aliphatic hydroxyl groups excluding tert-OH is 1. The molecular formula is C21H20N2O. The highest BCUT2D eigenvalue weighted by atomic mass is 16.3. The normalized spacial score (nSPS) is 12.5. The van der Waals surface area contributed by atoms with E-state index in [1.807, 2.05) is 42.5 Å². The Balaban J connectivity index is 1.61. The number of benzene rings is 3. The standard InChI is InChI=1S/C21H20N2O/c24-17(14-22-16-8-2-1-3-9-16)15-23-20-12-6-4-10-18(20)19-11-5-7-13-21(19)23/h1-13,17,22,24H,14-15H2/t17-/m0/s1. The molecule has 0 radical (unpaired) electrons. The molecule has 0 saturated heterocycles. The summed E-state index contributed by atoms with van der Waals surface area (Å²) in [7, 11) is 0. The van der Waals surface area contributed by atoms with E-state index in [9.17, 15) is 5.11 Å². The first kappa shape index (κ1) is 14.8. The maximum Gasteiger partial charge on any atom is 0.0891 e. The Labute approximate surface area is 141 Å². The molecule has 0 saturated carbocycles. The number of hydrogen-bond acceptors (Lipinski definition) is 2. The molecule has 24 heavy (non-hydrogen) atoms. The number of fused-ring (bicyclic) bond motifs is 3. The number of rotatable bonds is 5. The van der Waals surface area contributed by atoms with E-state index in [0.717, 1.165) is 16.7 Å². The molecule has 1 aromatic heterocycles. The molecule has 0 aliphatic carbocycles. The molecule has 0 bridgehead atoms. The van der Waals surface area contributed by atoms with Crippen LogP contribution in [0.25, 0.3) is 21.8 Å². The summed E-state index contributed by atoms with van der Waals surface area (Å²) in [6.07, 6.45) is -0.468. The molecule has 0 fully saturated rings. The molecule has 3 nitrogen and oxygen atoms in total. The monoisotopic (exact) mass is 316 g/mol. The minimum atomic E-state index is -0.468. The van der Waals surface area contributed by atoms with Gasteiger partial charge in [-0.25, -0.2) is 0 Å². The van der Waals surface area contributed by atoms with Crippen molar-refractivity contribution < 1.29 is 5.11 Å². The van der Waals surface area contributed by atoms with Crippen LogP contribution in [0.2, 0.25) is 0 Å². The number of aromatic nitrogens is 1. The van der Waals surface area contributed by atoms with Crippen molar-refractivity contribution in [1.82, 2.24) is 4.57 Å². The lowest BCUT2D eigenvalue weighted by Gasteiger charge is -2.15. The van der Waals surface area contributed by atoms with Crippen molar-refractivity contribution in [2.24, 2.45) is 0 Å². The zero-order valence-electron chi connectivity index (χ0n) is 13.4. The van der Waals surface area contributed by atoms with Crippen molar-refractivity contribution in [2.75, 3.05) is 11.9 Å². The van der Waals surface area contributed by atoms with Crippen LogP contribution in [0.1, 0.15) is 0 Å². The van der Waals surface area contributed by atoms with Crippen molar-refractivity contribution in [2.45, 2.75) is 12.6 Å². The van der Waals surface area contributed by atoms with Gasteiger partial charge in [-0.2, -0.15) is 0 Å². The van der Waals surface area contributed by atoms with Gasteiger partial charge in [0.25, 0.3) is 0 Å². The lowest BCUT2D eigenvalue weighted by Crippen LogP contribution is -2.24. The van der Waals surface area contributed by atoms with Crippen LogP contribution in [0.3, 0.4) is 0 Å². The summed E-state index contributed by atoms with van der Waals surface area (Å²) in [6, 6.07) is 26.7. The minimum absolute atomic E-state index is 0.468. The topological polar surface area (TPSA) is 37.2 Å². The van der Waals surface area contributed by atoms with Gasteiger partial charge in [0.15, 0.2) is 0 Å². The summed E-state index contributed by atoms with van der Waals surface area (Å²) in [5.74, 6) is 0. The SMILES string of the molecule is O[C@@H](CNc1ccccc1)Cn1c2ccccc2c2ccccc21. The predicted molar refractivity (Wildman–Crippen MR) is 100 cm³/mol. The molecule has 0 aliphatic heterocycles. The maximum atomic E-state index is 10.5. The fourth-order valence-electron chi connectivity index (χ4n) is 3.27. The molecule has 0 unspecified atom stereocenters. The largest absolute Gasteiger partial charge is 0.389 e. The van der Waals surface area contributed by atoms with Crippen molar-refractivity contribution in [1.29, 1.82) is 0 Å². The van der Waals surface area contributed by atoms with Crippen molar-refractivity contribution in [3.05, 3.63) is 78.9 Å². The Morgan fingerprint density at radius 3 is 1.92 bits per heavy atom. The first-order valence-electron chi connectivity index (χ1n) is 8.26. The molecule has 0 aliphatic rings. The van der Waals surface area contributed by atoms with Crippen LogP contribution in [-0.4, -0.2) is 22.3 Å². The van der Waals surface area contributed by atoms with E-state index < -0.39 is 6.10 Å². The summed E-state index contributed by atoms with van der Waals surface area (Å²) in [5.41, 5.74) is 3.36. The van der Waals surface area contributed by atoms with E-state index in [4.69, 9.17) is 0 Å². The van der Waals surface area contributed by atoms with Gasteiger partial charge in [0.1, 0.15) is 0 Å². The van der Waals surface area contributed by atoms with E-state index in [-0.39, 0.29) is 0 Å². The third-order valence-electron chi connectivity index (χ3n) is 4.39. The first-order valence-corrected chi connectivity index (χ1v) is 8.26. The Kier molecular flexibility index (Phi) is 3.93.